The van der Waals surface area contributed by atoms with E-state index in [0.29, 0.717) is 5.56 Å². The van der Waals surface area contributed by atoms with Crippen molar-refractivity contribution in [1.82, 2.24) is 10.6 Å². The number of benzene rings is 2. The van der Waals surface area contributed by atoms with E-state index in [1.807, 2.05) is 6.26 Å². The molecule has 1 aliphatic carbocycles. The lowest BCUT2D eigenvalue weighted by Gasteiger charge is -2.40. The van der Waals surface area contributed by atoms with Gasteiger partial charge in [0, 0.05) is 23.0 Å². The van der Waals surface area contributed by atoms with Crippen LogP contribution in [0.1, 0.15) is 64.0 Å². The summed E-state index contributed by atoms with van der Waals surface area (Å²) in [6, 6.07) is 10.9. The fourth-order valence-corrected chi connectivity index (χ4v) is 5.27. The summed E-state index contributed by atoms with van der Waals surface area (Å²) in [6.07, 6.45) is 5.59. The van der Waals surface area contributed by atoms with Crippen LogP contribution in [0.4, 0.5) is 13.6 Å². The molecule has 0 radical (unpaired) electrons. The van der Waals surface area contributed by atoms with Gasteiger partial charge >= 0.3 is 6.09 Å². The van der Waals surface area contributed by atoms with Gasteiger partial charge in [0.15, 0.2) is 0 Å². The third-order valence-corrected chi connectivity index (χ3v) is 7.25. The molecule has 2 aromatic rings. The number of aliphatic hydroxyl groups is 1. The normalized spacial score (nSPS) is 17.3. The first-order chi connectivity index (χ1) is 17.0. The third kappa shape index (κ3) is 8.18. The first-order valence-electron chi connectivity index (χ1n) is 12.5. The zero-order chi connectivity index (χ0) is 26.3. The van der Waals surface area contributed by atoms with Crippen molar-refractivity contribution in [3.05, 3.63) is 65.2 Å². The van der Waals surface area contributed by atoms with Gasteiger partial charge in [-0.15, -0.1) is 11.8 Å². The van der Waals surface area contributed by atoms with Gasteiger partial charge in [0.05, 0.1) is 12.1 Å². The lowest BCUT2D eigenvalue weighted by atomic mass is 9.76. The lowest BCUT2D eigenvalue weighted by molar-refractivity contribution is 0.0408. The molecule has 0 bridgehead atoms. The fourth-order valence-electron chi connectivity index (χ4n) is 4.81. The molecule has 2 unspecified atom stereocenters. The van der Waals surface area contributed by atoms with E-state index < -0.39 is 35.5 Å². The molecular formula is C28H38F2N2O3S. The number of ether oxygens (including phenoxy) is 1. The molecule has 2 atom stereocenters. The van der Waals surface area contributed by atoms with Crippen LogP contribution >= 0.6 is 11.8 Å². The summed E-state index contributed by atoms with van der Waals surface area (Å²) in [5, 5.41) is 17.6. The molecule has 0 spiro atoms. The maximum absolute atomic E-state index is 13.8. The molecule has 0 aromatic heterocycles. The van der Waals surface area contributed by atoms with Gasteiger partial charge in [0.25, 0.3) is 0 Å². The number of hydrogen-bond acceptors (Lipinski definition) is 5. The summed E-state index contributed by atoms with van der Waals surface area (Å²) in [7, 11) is 0. The van der Waals surface area contributed by atoms with Crippen LogP contribution in [-0.2, 0) is 16.7 Å². The van der Waals surface area contributed by atoms with E-state index in [1.165, 1.54) is 29.0 Å². The van der Waals surface area contributed by atoms with E-state index in [0.717, 1.165) is 31.7 Å². The summed E-state index contributed by atoms with van der Waals surface area (Å²) >= 11 is 1.69. The number of halogens is 2. The predicted octanol–water partition coefficient (Wildman–Crippen LogP) is 5.93. The first kappa shape index (κ1) is 28.4. The maximum atomic E-state index is 13.8. The Morgan fingerprint density at radius 2 is 1.78 bits per heavy atom. The molecule has 3 N–H and O–H groups in total. The van der Waals surface area contributed by atoms with Gasteiger partial charge in [-0.2, -0.15) is 0 Å². The highest BCUT2D eigenvalue weighted by molar-refractivity contribution is 7.98. The Morgan fingerprint density at radius 1 is 1.11 bits per heavy atom. The quantitative estimate of drug-likeness (QED) is 0.358. The van der Waals surface area contributed by atoms with E-state index in [2.05, 4.69) is 34.9 Å². The second-order valence-electron chi connectivity index (χ2n) is 10.6. The number of thioether (sulfide) groups is 1. The molecule has 198 valence electrons. The second-order valence-corrected chi connectivity index (χ2v) is 11.4. The number of aliphatic hydroxyl groups excluding tert-OH is 1. The summed E-state index contributed by atoms with van der Waals surface area (Å²) in [5.41, 5.74) is 0.515. The summed E-state index contributed by atoms with van der Waals surface area (Å²) in [6.45, 7) is 5.44. The Morgan fingerprint density at radius 3 is 2.39 bits per heavy atom. The van der Waals surface area contributed by atoms with Crippen LogP contribution in [0.15, 0.2) is 47.4 Å². The number of rotatable bonds is 9. The van der Waals surface area contributed by atoms with Crippen LogP contribution in [0, 0.1) is 11.6 Å². The Balaban J connectivity index is 1.80. The highest BCUT2D eigenvalue weighted by Crippen LogP contribution is 2.38. The van der Waals surface area contributed by atoms with E-state index in [1.54, 1.807) is 32.5 Å². The molecule has 3 rings (SSSR count). The van der Waals surface area contributed by atoms with Crippen LogP contribution in [0.3, 0.4) is 0 Å². The number of alkyl carbamates (subject to hydrolysis) is 1. The molecule has 0 aliphatic heterocycles. The van der Waals surface area contributed by atoms with Crippen molar-refractivity contribution >= 4 is 17.9 Å². The van der Waals surface area contributed by atoms with Crippen molar-refractivity contribution in [2.75, 3.05) is 12.8 Å². The lowest BCUT2D eigenvalue weighted by Crippen LogP contribution is -2.53. The van der Waals surface area contributed by atoms with Crippen LogP contribution in [-0.4, -0.2) is 41.7 Å². The van der Waals surface area contributed by atoms with E-state index in [-0.39, 0.29) is 18.5 Å². The summed E-state index contributed by atoms with van der Waals surface area (Å²) in [4.78, 5) is 13.7. The predicted molar refractivity (Wildman–Crippen MR) is 140 cm³/mol. The standard InChI is InChI=1S/C28H38F2N2O3S/c1-27(2,3)35-26(34)32-24(15-19-13-21(29)17-22(30)14-19)25(33)18-31-28(11-6-5-7-12-28)20-9-8-10-23(16-20)36-4/h8-10,13-14,16-17,24-25,31,33H,5-7,11-12,15,18H2,1-4H3,(H,32,34). The highest BCUT2D eigenvalue weighted by atomic mass is 32.2. The molecule has 5 nitrogen and oxygen atoms in total. The van der Waals surface area contributed by atoms with Crippen molar-refractivity contribution in [2.45, 2.75) is 87.5 Å². The number of carbonyl (C=O) groups excluding carboxylic acids is 1. The largest absolute Gasteiger partial charge is 0.444 e. The zero-order valence-electron chi connectivity index (χ0n) is 21.6. The molecule has 1 aliphatic rings. The van der Waals surface area contributed by atoms with E-state index in [4.69, 9.17) is 4.74 Å². The van der Waals surface area contributed by atoms with Crippen molar-refractivity contribution in [3.8, 4) is 0 Å². The Labute approximate surface area is 217 Å². The Bertz CT molecular complexity index is 1000. The van der Waals surface area contributed by atoms with Crippen molar-refractivity contribution < 1.29 is 23.4 Å². The molecule has 0 saturated heterocycles. The molecule has 0 heterocycles. The van der Waals surface area contributed by atoms with Gasteiger partial charge < -0.3 is 20.5 Å². The smallest absolute Gasteiger partial charge is 0.407 e. The summed E-state index contributed by atoms with van der Waals surface area (Å²) in [5.74, 6) is -1.41. The Kier molecular flexibility index (Phi) is 9.78. The average molecular weight is 521 g/mol. The van der Waals surface area contributed by atoms with Crippen molar-refractivity contribution in [2.24, 2.45) is 0 Å². The van der Waals surface area contributed by atoms with Gasteiger partial charge in [-0.25, -0.2) is 13.6 Å². The molecular weight excluding hydrogens is 482 g/mol. The molecule has 2 aromatic carbocycles. The van der Waals surface area contributed by atoms with E-state index >= 15 is 0 Å². The van der Waals surface area contributed by atoms with Crippen molar-refractivity contribution in [1.29, 1.82) is 0 Å². The average Bonchev–Trinajstić information content (AvgIpc) is 2.81. The topological polar surface area (TPSA) is 70.6 Å². The zero-order valence-corrected chi connectivity index (χ0v) is 22.4. The second kappa shape index (κ2) is 12.4. The monoisotopic (exact) mass is 520 g/mol. The summed E-state index contributed by atoms with van der Waals surface area (Å²) < 4.78 is 33.0. The van der Waals surface area contributed by atoms with Crippen LogP contribution < -0.4 is 10.6 Å². The maximum Gasteiger partial charge on any atom is 0.407 e. The highest BCUT2D eigenvalue weighted by Gasteiger charge is 2.35. The number of hydrogen-bond donors (Lipinski definition) is 3. The first-order valence-corrected chi connectivity index (χ1v) is 13.7. The van der Waals surface area contributed by atoms with Crippen molar-refractivity contribution in [3.63, 3.8) is 0 Å². The molecule has 1 amide bonds. The van der Waals surface area contributed by atoms with Gasteiger partial charge in [-0.05, 0) is 81.7 Å². The number of carbonyl (C=O) groups is 1. The molecule has 36 heavy (non-hydrogen) atoms. The molecule has 8 heteroatoms. The molecule has 1 fully saturated rings. The number of nitrogens with one attached hydrogen (secondary N) is 2. The van der Waals surface area contributed by atoms with Gasteiger partial charge in [-0.1, -0.05) is 31.4 Å². The van der Waals surface area contributed by atoms with Crippen LogP contribution in [0.2, 0.25) is 0 Å². The third-order valence-electron chi connectivity index (χ3n) is 6.52. The minimum Gasteiger partial charge on any atom is -0.444 e. The molecule has 1 saturated carbocycles. The SMILES string of the molecule is CSc1cccc(C2(NCC(O)C(Cc3cc(F)cc(F)c3)NC(=O)OC(C)(C)C)CCCCC2)c1. The van der Waals surface area contributed by atoms with Gasteiger partial charge in [0.2, 0.25) is 0 Å². The van der Waals surface area contributed by atoms with Crippen LogP contribution in [0.25, 0.3) is 0 Å². The van der Waals surface area contributed by atoms with E-state index in [9.17, 15) is 18.7 Å². The number of amides is 1. The van der Waals surface area contributed by atoms with Crippen LogP contribution in [0.5, 0.6) is 0 Å². The van der Waals surface area contributed by atoms with Gasteiger partial charge in [0.1, 0.15) is 17.2 Å². The minimum absolute atomic E-state index is 0.0474. The fraction of sp³-hybridized carbons (Fsp3) is 0.536. The van der Waals surface area contributed by atoms with Gasteiger partial charge in [-0.3, -0.25) is 0 Å². The Hall–Kier alpha value is -2.16. The minimum atomic E-state index is -1.02.